The average Bonchev–Trinajstić information content (AvgIpc) is 2.43. The molecular weight excluding hydrogens is 234 g/mol. The first-order chi connectivity index (χ1) is 8.71. The fraction of sp³-hybridized carbons (Fsp3) is 0.583. The molecule has 1 aromatic heterocycles. The zero-order chi connectivity index (χ0) is 13.4. The molecule has 0 aliphatic rings. The molecule has 0 amide bonds. The van der Waals surface area contributed by atoms with Crippen LogP contribution in [-0.2, 0) is 16.1 Å². The van der Waals surface area contributed by atoms with Crippen LogP contribution < -0.4 is 10.5 Å². The molecule has 0 saturated heterocycles. The van der Waals surface area contributed by atoms with Gasteiger partial charge in [-0.15, -0.1) is 0 Å². The van der Waals surface area contributed by atoms with E-state index in [-0.39, 0.29) is 6.10 Å². The second-order valence-electron chi connectivity index (χ2n) is 3.85. The topological polar surface area (TPSA) is 69.8 Å². The Morgan fingerprint density at radius 1 is 1.44 bits per heavy atom. The Morgan fingerprint density at radius 2 is 2.22 bits per heavy atom. The van der Waals surface area contributed by atoms with E-state index >= 15 is 0 Å². The fourth-order valence-electron chi connectivity index (χ4n) is 1.45. The lowest BCUT2D eigenvalue weighted by Gasteiger charge is -2.21. The highest BCUT2D eigenvalue weighted by Crippen LogP contribution is 2.15. The van der Waals surface area contributed by atoms with Crippen LogP contribution in [0.4, 0.5) is 0 Å². The summed E-state index contributed by atoms with van der Waals surface area (Å²) in [6.45, 7) is 1.46. The van der Waals surface area contributed by atoms with Crippen molar-refractivity contribution in [1.82, 2.24) is 10.0 Å². The van der Waals surface area contributed by atoms with Crippen molar-refractivity contribution in [2.24, 2.45) is 5.73 Å². The van der Waals surface area contributed by atoms with E-state index in [4.69, 9.17) is 20.0 Å². The number of hydrogen-bond acceptors (Lipinski definition) is 6. The van der Waals surface area contributed by atoms with E-state index in [1.807, 2.05) is 13.1 Å². The second kappa shape index (κ2) is 7.99. The molecule has 0 saturated carbocycles. The molecule has 18 heavy (non-hydrogen) atoms. The summed E-state index contributed by atoms with van der Waals surface area (Å²) < 4.78 is 11.0. The lowest BCUT2D eigenvalue weighted by atomic mass is 10.2. The SMILES string of the molecule is CO[C@H](COc1cnccc1CN)CN(C)OC. The summed E-state index contributed by atoms with van der Waals surface area (Å²) in [5, 5.41) is 1.69. The molecule has 102 valence electrons. The summed E-state index contributed by atoms with van der Waals surface area (Å²) in [5.41, 5.74) is 6.56. The second-order valence-corrected chi connectivity index (χ2v) is 3.85. The summed E-state index contributed by atoms with van der Waals surface area (Å²) in [6, 6.07) is 1.85. The van der Waals surface area contributed by atoms with Gasteiger partial charge in [0.2, 0.25) is 0 Å². The number of methoxy groups -OCH3 is 1. The predicted molar refractivity (Wildman–Crippen MR) is 68.1 cm³/mol. The third kappa shape index (κ3) is 4.58. The number of likely N-dealkylation sites (N-methyl/N-ethyl adjacent to an activating group) is 1. The number of hydroxylamine groups is 2. The van der Waals surface area contributed by atoms with Crippen molar-refractivity contribution in [3.05, 3.63) is 24.0 Å². The van der Waals surface area contributed by atoms with E-state index < -0.39 is 0 Å². The highest BCUT2D eigenvalue weighted by Gasteiger charge is 2.12. The van der Waals surface area contributed by atoms with Gasteiger partial charge >= 0.3 is 0 Å². The minimum absolute atomic E-state index is 0.0826. The van der Waals surface area contributed by atoms with Crippen molar-refractivity contribution in [1.29, 1.82) is 0 Å². The molecule has 0 bridgehead atoms. The van der Waals surface area contributed by atoms with Gasteiger partial charge in [0, 0.05) is 32.5 Å². The van der Waals surface area contributed by atoms with Crippen molar-refractivity contribution >= 4 is 0 Å². The van der Waals surface area contributed by atoms with Gasteiger partial charge in [-0.2, -0.15) is 5.06 Å². The van der Waals surface area contributed by atoms with E-state index in [2.05, 4.69) is 4.98 Å². The molecule has 1 rings (SSSR count). The number of pyridine rings is 1. The van der Waals surface area contributed by atoms with Gasteiger partial charge in [0.05, 0.1) is 19.9 Å². The summed E-state index contributed by atoms with van der Waals surface area (Å²) in [4.78, 5) is 9.06. The lowest BCUT2D eigenvalue weighted by Crippen LogP contribution is -2.34. The van der Waals surface area contributed by atoms with E-state index in [1.54, 1.807) is 31.7 Å². The van der Waals surface area contributed by atoms with Gasteiger partial charge in [-0.05, 0) is 6.07 Å². The molecule has 1 heterocycles. The van der Waals surface area contributed by atoms with Crippen molar-refractivity contribution < 1.29 is 14.3 Å². The maximum atomic E-state index is 5.68. The van der Waals surface area contributed by atoms with Gasteiger partial charge in [-0.3, -0.25) is 4.98 Å². The molecule has 6 heteroatoms. The highest BCUT2D eigenvalue weighted by molar-refractivity contribution is 5.29. The lowest BCUT2D eigenvalue weighted by molar-refractivity contribution is -0.135. The molecule has 1 aromatic rings. The van der Waals surface area contributed by atoms with Crippen molar-refractivity contribution in [3.8, 4) is 5.75 Å². The average molecular weight is 255 g/mol. The minimum Gasteiger partial charge on any atom is -0.489 e. The van der Waals surface area contributed by atoms with Crippen molar-refractivity contribution in [3.63, 3.8) is 0 Å². The standard InChI is InChI=1S/C12H21N3O3/c1-15(17-3)8-11(16-2)9-18-12-7-14-5-4-10(12)6-13/h4-5,7,11H,6,8-9,13H2,1-3H3/t11-/m0/s1. The number of rotatable bonds is 8. The number of ether oxygens (including phenoxy) is 2. The Kier molecular flexibility index (Phi) is 6.59. The summed E-state index contributed by atoms with van der Waals surface area (Å²) >= 11 is 0. The zero-order valence-corrected chi connectivity index (χ0v) is 11.1. The molecule has 2 N–H and O–H groups in total. The molecule has 0 radical (unpaired) electrons. The molecule has 6 nitrogen and oxygen atoms in total. The largest absolute Gasteiger partial charge is 0.489 e. The van der Waals surface area contributed by atoms with Crippen molar-refractivity contribution in [2.45, 2.75) is 12.6 Å². The first-order valence-corrected chi connectivity index (χ1v) is 5.75. The van der Waals surface area contributed by atoms with Crippen LogP contribution in [0.3, 0.4) is 0 Å². The van der Waals surface area contributed by atoms with E-state index in [0.717, 1.165) is 5.56 Å². The van der Waals surface area contributed by atoms with Gasteiger partial charge in [-0.1, -0.05) is 0 Å². The van der Waals surface area contributed by atoms with Crippen LogP contribution in [0, 0.1) is 0 Å². The van der Waals surface area contributed by atoms with Crippen LogP contribution in [0.1, 0.15) is 5.56 Å². The van der Waals surface area contributed by atoms with E-state index in [1.165, 1.54) is 0 Å². The van der Waals surface area contributed by atoms with Gasteiger partial charge in [0.15, 0.2) is 0 Å². The first kappa shape index (κ1) is 14.8. The van der Waals surface area contributed by atoms with Gasteiger partial charge in [0.25, 0.3) is 0 Å². The summed E-state index contributed by atoms with van der Waals surface area (Å²) in [6.07, 6.45) is 3.28. The Hall–Kier alpha value is -1.21. The molecule has 0 aliphatic carbocycles. The van der Waals surface area contributed by atoms with Crippen LogP contribution in [0.2, 0.25) is 0 Å². The molecule has 0 spiro atoms. The van der Waals surface area contributed by atoms with E-state index in [0.29, 0.717) is 25.4 Å². The number of aromatic nitrogens is 1. The Morgan fingerprint density at radius 3 is 2.83 bits per heavy atom. The number of hydrogen-bond donors (Lipinski definition) is 1. The highest BCUT2D eigenvalue weighted by atomic mass is 16.7. The van der Waals surface area contributed by atoms with Crippen LogP contribution in [0.5, 0.6) is 5.75 Å². The van der Waals surface area contributed by atoms with Gasteiger partial charge in [0.1, 0.15) is 18.5 Å². The normalized spacial score (nSPS) is 12.7. The quantitative estimate of drug-likeness (QED) is 0.679. The Labute approximate surface area is 108 Å². The molecule has 0 fully saturated rings. The fourth-order valence-corrected chi connectivity index (χ4v) is 1.45. The van der Waals surface area contributed by atoms with Crippen LogP contribution in [0.25, 0.3) is 0 Å². The molecular formula is C12H21N3O3. The summed E-state index contributed by atoms with van der Waals surface area (Å²) in [7, 11) is 5.09. The molecule has 1 atom stereocenters. The molecule has 0 aliphatic heterocycles. The van der Waals surface area contributed by atoms with Crippen molar-refractivity contribution in [2.75, 3.05) is 34.4 Å². The van der Waals surface area contributed by atoms with E-state index in [9.17, 15) is 0 Å². The van der Waals surface area contributed by atoms with Gasteiger partial charge in [-0.25, -0.2) is 0 Å². The number of nitrogens with two attached hydrogens (primary N) is 1. The maximum Gasteiger partial charge on any atom is 0.142 e. The van der Waals surface area contributed by atoms with Crippen LogP contribution in [0.15, 0.2) is 18.5 Å². The third-order valence-electron chi connectivity index (χ3n) is 2.62. The Bertz CT molecular complexity index is 349. The smallest absolute Gasteiger partial charge is 0.142 e. The zero-order valence-electron chi connectivity index (χ0n) is 11.1. The first-order valence-electron chi connectivity index (χ1n) is 5.75. The molecule has 0 unspecified atom stereocenters. The minimum atomic E-state index is -0.0826. The third-order valence-corrected chi connectivity index (χ3v) is 2.62. The Balaban J connectivity index is 2.51. The number of nitrogens with zero attached hydrogens (tertiary/aromatic N) is 2. The summed E-state index contributed by atoms with van der Waals surface area (Å²) in [5.74, 6) is 0.696. The predicted octanol–water partition coefficient (Wildman–Crippen LogP) is 0.427. The maximum absolute atomic E-state index is 5.68. The van der Waals surface area contributed by atoms with Crippen LogP contribution >= 0.6 is 0 Å². The molecule has 0 aromatic carbocycles. The van der Waals surface area contributed by atoms with Crippen LogP contribution in [-0.4, -0.2) is 50.6 Å². The van der Waals surface area contributed by atoms with Gasteiger partial charge < -0.3 is 20.0 Å². The monoisotopic (exact) mass is 255 g/mol.